The lowest BCUT2D eigenvalue weighted by Crippen LogP contribution is -2.41. The summed E-state index contributed by atoms with van der Waals surface area (Å²) in [6.45, 7) is 12.9. The zero-order valence-electron chi connectivity index (χ0n) is 16.4. The maximum Gasteiger partial charge on any atom is 0.191 e. The second-order valence-corrected chi connectivity index (χ2v) is 7.84. The van der Waals surface area contributed by atoms with E-state index in [4.69, 9.17) is 9.73 Å². The lowest BCUT2D eigenvalue weighted by atomic mass is 10.1. The summed E-state index contributed by atoms with van der Waals surface area (Å²) in [4.78, 5) is 8.77. The number of morpholine rings is 1. The number of aliphatic imine (C=N–C) groups is 1. The first-order valence-corrected chi connectivity index (χ1v) is 10.5. The normalized spacial score (nSPS) is 17.0. The number of rotatable bonds is 9. The van der Waals surface area contributed by atoms with Gasteiger partial charge in [-0.05, 0) is 37.1 Å². The van der Waals surface area contributed by atoms with E-state index in [1.165, 1.54) is 17.7 Å². The molecule has 1 aromatic heterocycles. The van der Waals surface area contributed by atoms with Crippen LogP contribution in [0.4, 0.5) is 0 Å². The molecule has 1 aromatic rings. The smallest absolute Gasteiger partial charge is 0.191 e. The highest BCUT2D eigenvalue weighted by atomic mass is 127. The van der Waals surface area contributed by atoms with E-state index in [9.17, 15) is 0 Å². The van der Waals surface area contributed by atoms with Gasteiger partial charge in [-0.1, -0.05) is 19.9 Å². The topological polar surface area (TPSA) is 48.9 Å². The van der Waals surface area contributed by atoms with Gasteiger partial charge < -0.3 is 15.4 Å². The number of nitrogens with zero attached hydrogens (tertiary/aromatic N) is 2. The highest BCUT2D eigenvalue weighted by Crippen LogP contribution is 2.26. The molecule has 2 rings (SSSR count). The van der Waals surface area contributed by atoms with Crippen LogP contribution in [-0.2, 0) is 4.74 Å². The molecule has 0 bridgehead atoms. The Kier molecular flexibility index (Phi) is 12.5. The zero-order valence-corrected chi connectivity index (χ0v) is 19.5. The highest BCUT2D eigenvalue weighted by molar-refractivity contribution is 14.0. The molecule has 150 valence electrons. The molecule has 26 heavy (non-hydrogen) atoms. The van der Waals surface area contributed by atoms with Crippen LogP contribution in [0.5, 0.6) is 0 Å². The Balaban J connectivity index is 0.00000338. The minimum Gasteiger partial charge on any atom is -0.379 e. The lowest BCUT2D eigenvalue weighted by Gasteiger charge is -2.33. The second-order valence-electron chi connectivity index (χ2n) is 6.86. The molecule has 0 radical (unpaired) electrons. The van der Waals surface area contributed by atoms with Crippen molar-refractivity contribution in [3.63, 3.8) is 0 Å². The molecule has 1 saturated heterocycles. The number of thiophene rings is 1. The summed E-state index contributed by atoms with van der Waals surface area (Å²) in [7, 11) is 0. The maximum absolute atomic E-state index is 5.52. The summed E-state index contributed by atoms with van der Waals surface area (Å²) >= 11 is 1.82. The number of ether oxygens (including phenoxy) is 1. The third-order valence-corrected chi connectivity index (χ3v) is 5.35. The molecule has 0 aliphatic carbocycles. The summed E-state index contributed by atoms with van der Waals surface area (Å²) in [6.07, 6.45) is 2.43. The zero-order chi connectivity index (χ0) is 17.9. The van der Waals surface area contributed by atoms with Crippen molar-refractivity contribution < 1.29 is 4.74 Å². The summed E-state index contributed by atoms with van der Waals surface area (Å²) in [5.41, 5.74) is 0. The third-order valence-electron chi connectivity index (χ3n) is 4.38. The fourth-order valence-corrected chi connectivity index (χ4v) is 3.84. The SMILES string of the molecule is CCNC(=NCC(c1cccs1)N1CCOCC1)NCCCC(C)C.I. The van der Waals surface area contributed by atoms with Crippen molar-refractivity contribution in [2.24, 2.45) is 10.9 Å². The standard InChI is InChI=1S/C19H34N4OS.HI/c1-4-20-19(21-9-5-7-16(2)3)22-15-17(18-8-6-14-25-18)23-10-12-24-13-11-23;/h6,8,14,16-17H,4-5,7,9-13,15H2,1-3H3,(H2,20,21,22);1H. The Bertz CT molecular complexity index is 490. The molecule has 1 aliphatic heterocycles. The first-order chi connectivity index (χ1) is 12.2. The van der Waals surface area contributed by atoms with Gasteiger partial charge in [0.25, 0.3) is 0 Å². The molecule has 0 amide bonds. The van der Waals surface area contributed by atoms with Gasteiger partial charge in [-0.15, -0.1) is 35.3 Å². The van der Waals surface area contributed by atoms with E-state index < -0.39 is 0 Å². The molecule has 7 heteroatoms. The van der Waals surface area contributed by atoms with Crippen molar-refractivity contribution in [3.8, 4) is 0 Å². The summed E-state index contributed by atoms with van der Waals surface area (Å²) in [5.74, 6) is 1.69. The van der Waals surface area contributed by atoms with E-state index in [2.05, 4.69) is 53.8 Å². The molecule has 1 atom stereocenters. The van der Waals surface area contributed by atoms with E-state index in [0.717, 1.165) is 57.8 Å². The van der Waals surface area contributed by atoms with Gasteiger partial charge in [0.1, 0.15) is 0 Å². The van der Waals surface area contributed by atoms with E-state index in [1.807, 2.05) is 11.3 Å². The van der Waals surface area contributed by atoms with Crippen molar-refractivity contribution in [1.82, 2.24) is 15.5 Å². The van der Waals surface area contributed by atoms with Gasteiger partial charge >= 0.3 is 0 Å². The minimum atomic E-state index is 0. The van der Waals surface area contributed by atoms with Crippen LogP contribution in [-0.4, -0.2) is 56.8 Å². The van der Waals surface area contributed by atoms with Crippen LogP contribution in [0.2, 0.25) is 0 Å². The van der Waals surface area contributed by atoms with Crippen molar-refractivity contribution in [2.45, 2.75) is 39.7 Å². The van der Waals surface area contributed by atoms with Crippen LogP contribution in [0.3, 0.4) is 0 Å². The van der Waals surface area contributed by atoms with Crippen molar-refractivity contribution in [2.75, 3.05) is 45.9 Å². The molecule has 0 aromatic carbocycles. The van der Waals surface area contributed by atoms with Crippen LogP contribution in [0.1, 0.15) is 44.5 Å². The van der Waals surface area contributed by atoms with Crippen LogP contribution < -0.4 is 10.6 Å². The number of nitrogens with one attached hydrogen (secondary N) is 2. The Morgan fingerprint density at radius 1 is 1.31 bits per heavy atom. The molecule has 1 aliphatic rings. The first kappa shape index (κ1) is 23.7. The number of hydrogen-bond acceptors (Lipinski definition) is 4. The molecule has 2 N–H and O–H groups in total. The van der Waals surface area contributed by atoms with E-state index in [-0.39, 0.29) is 24.0 Å². The van der Waals surface area contributed by atoms with Gasteiger partial charge in [-0.25, -0.2) is 0 Å². The largest absolute Gasteiger partial charge is 0.379 e. The average molecular weight is 494 g/mol. The van der Waals surface area contributed by atoms with E-state index in [0.29, 0.717) is 6.04 Å². The molecule has 1 fully saturated rings. The molecular formula is C19H35IN4OS. The summed E-state index contributed by atoms with van der Waals surface area (Å²) in [6, 6.07) is 4.70. The number of hydrogen-bond donors (Lipinski definition) is 2. The lowest BCUT2D eigenvalue weighted by molar-refractivity contribution is 0.0186. The van der Waals surface area contributed by atoms with Crippen molar-refractivity contribution in [3.05, 3.63) is 22.4 Å². The molecule has 0 spiro atoms. The molecule has 2 heterocycles. The molecule has 1 unspecified atom stereocenters. The number of guanidine groups is 1. The van der Waals surface area contributed by atoms with E-state index in [1.54, 1.807) is 0 Å². The van der Waals surface area contributed by atoms with Crippen LogP contribution in [0, 0.1) is 5.92 Å². The van der Waals surface area contributed by atoms with Gasteiger partial charge in [0.15, 0.2) is 5.96 Å². The molecule has 0 saturated carbocycles. The predicted octanol–water partition coefficient (Wildman–Crippen LogP) is 3.73. The summed E-state index contributed by atoms with van der Waals surface area (Å²) in [5, 5.41) is 9.01. The van der Waals surface area contributed by atoms with Gasteiger partial charge in [-0.3, -0.25) is 9.89 Å². The Morgan fingerprint density at radius 3 is 2.69 bits per heavy atom. The second kappa shape index (κ2) is 13.7. The van der Waals surface area contributed by atoms with Gasteiger partial charge in [0.05, 0.1) is 25.8 Å². The fourth-order valence-electron chi connectivity index (χ4n) is 2.99. The quantitative estimate of drug-likeness (QED) is 0.238. The first-order valence-electron chi connectivity index (χ1n) is 9.58. The van der Waals surface area contributed by atoms with E-state index >= 15 is 0 Å². The van der Waals surface area contributed by atoms with Gasteiger partial charge in [0, 0.05) is 31.1 Å². The fraction of sp³-hybridized carbons (Fsp3) is 0.737. The maximum atomic E-state index is 5.52. The monoisotopic (exact) mass is 494 g/mol. The summed E-state index contributed by atoms with van der Waals surface area (Å²) < 4.78 is 5.52. The average Bonchev–Trinajstić information content (AvgIpc) is 3.14. The molecule has 5 nitrogen and oxygen atoms in total. The van der Waals surface area contributed by atoms with Crippen molar-refractivity contribution >= 4 is 41.3 Å². The van der Waals surface area contributed by atoms with Gasteiger partial charge in [0.2, 0.25) is 0 Å². The van der Waals surface area contributed by atoms with Crippen LogP contribution >= 0.6 is 35.3 Å². The Hall–Kier alpha value is -0.380. The highest BCUT2D eigenvalue weighted by Gasteiger charge is 2.23. The third kappa shape index (κ3) is 8.54. The van der Waals surface area contributed by atoms with Gasteiger partial charge in [-0.2, -0.15) is 0 Å². The predicted molar refractivity (Wildman–Crippen MR) is 123 cm³/mol. The minimum absolute atomic E-state index is 0. The Labute approximate surface area is 180 Å². The molecular weight excluding hydrogens is 459 g/mol. The number of halogens is 1. The Morgan fingerprint density at radius 2 is 2.08 bits per heavy atom. The van der Waals surface area contributed by atoms with Crippen LogP contribution in [0.25, 0.3) is 0 Å². The van der Waals surface area contributed by atoms with Crippen molar-refractivity contribution in [1.29, 1.82) is 0 Å². The van der Waals surface area contributed by atoms with Crippen LogP contribution in [0.15, 0.2) is 22.5 Å².